The zero-order valence-corrected chi connectivity index (χ0v) is 13.2. The molecule has 2 aromatic carbocycles. The van der Waals surface area contributed by atoms with Crippen LogP contribution in [0.2, 0.25) is 5.02 Å². The van der Waals surface area contributed by atoms with Gasteiger partial charge < -0.3 is 9.73 Å². The Morgan fingerprint density at radius 2 is 1.86 bits per heavy atom. The van der Waals surface area contributed by atoms with Crippen LogP contribution in [-0.2, 0) is 0 Å². The van der Waals surface area contributed by atoms with Gasteiger partial charge in [0, 0.05) is 21.7 Å². The van der Waals surface area contributed by atoms with E-state index in [4.69, 9.17) is 16.0 Å². The number of hydrogen-bond acceptors (Lipinski definition) is 2. The summed E-state index contributed by atoms with van der Waals surface area (Å²) in [6, 6.07) is 14.2. The number of aryl methyl sites for hydroxylation is 2. The average Bonchev–Trinajstić information content (AvgIpc) is 2.81. The van der Waals surface area contributed by atoms with Gasteiger partial charge in [0.25, 0.3) is 0 Å². The van der Waals surface area contributed by atoms with Crippen LogP contribution < -0.4 is 5.32 Å². The van der Waals surface area contributed by atoms with E-state index in [0.717, 1.165) is 27.6 Å². The Morgan fingerprint density at radius 3 is 2.57 bits per heavy atom. The summed E-state index contributed by atoms with van der Waals surface area (Å²) >= 11 is 6.18. The van der Waals surface area contributed by atoms with Crippen molar-refractivity contribution >= 4 is 28.3 Å². The number of halogens is 1. The number of nitrogens with one attached hydrogen (secondary N) is 1. The highest BCUT2D eigenvalue weighted by Gasteiger charge is 2.16. The molecule has 0 radical (unpaired) electrons. The van der Waals surface area contributed by atoms with E-state index < -0.39 is 0 Å². The number of anilines is 1. The van der Waals surface area contributed by atoms with Gasteiger partial charge in [-0.05, 0) is 44.5 Å². The van der Waals surface area contributed by atoms with Crippen LogP contribution in [0.1, 0.15) is 29.9 Å². The Balaban J connectivity index is 1.91. The fourth-order valence-electron chi connectivity index (χ4n) is 2.60. The van der Waals surface area contributed by atoms with E-state index in [1.807, 2.05) is 43.3 Å². The first-order valence-corrected chi connectivity index (χ1v) is 7.45. The Hall–Kier alpha value is -1.93. The molecule has 0 spiro atoms. The lowest BCUT2D eigenvalue weighted by atomic mass is 10.1. The molecule has 3 aromatic rings. The summed E-state index contributed by atoms with van der Waals surface area (Å²) in [6.45, 7) is 6.19. The van der Waals surface area contributed by atoms with Crippen molar-refractivity contribution in [3.05, 3.63) is 64.4 Å². The number of rotatable bonds is 3. The minimum absolute atomic E-state index is 0.0798. The van der Waals surface area contributed by atoms with Gasteiger partial charge in [-0.2, -0.15) is 0 Å². The van der Waals surface area contributed by atoms with Gasteiger partial charge in [-0.25, -0.2) is 0 Å². The molecule has 0 aliphatic rings. The number of fused-ring (bicyclic) bond motifs is 1. The smallest absolute Gasteiger partial charge is 0.134 e. The van der Waals surface area contributed by atoms with Gasteiger partial charge in [-0.3, -0.25) is 0 Å². The Kier molecular flexibility index (Phi) is 3.64. The highest BCUT2D eigenvalue weighted by molar-refractivity contribution is 6.31. The first-order valence-electron chi connectivity index (χ1n) is 7.07. The molecule has 0 saturated heterocycles. The van der Waals surface area contributed by atoms with Crippen molar-refractivity contribution in [2.75, 3.05) is 5.32 Å². The molecule has 0 saturated carbocycles. The van der Waals surface area contributed by atoms with Crippen LogP contribution in [0.4, 0.5) is 5.69 Å². The van der Waals surface area contributed by atoms with Gasteiger partial charge in [-0.1, -0.05) is 35.9 Å². The van der Waals surface area contributed by atoms with Crippen LogP contribution >= 0.6 is 11.6 Å². The zero-order chi connectivity index (χ0) is 15.0. The third-order valence-electron chi connectivity index (χ3n) is 3.83. The van der Waals surface area contributed by atoms with Gasteiger partial charge in [0.2, 0.25) is 0 Å². The van der Waals surface area contributed by atoms with E-state index in [2.05, 4.69) is 25.2 Å². The van der Waals surface area contributed by atoms with Gasteiger partial charge >= 0.3 is 0 Å². The minimum Gasteiger partial charge on any atom is -0.459 e. The highest BCUT2D eigenvalue weighted by atomic mass is 35.5. The van der Waals surface area contributed by atoms with E-state index in [9.17, 15) is 0 Å². The van der Waals surface area contributed by atoms with Crippen molar-refractivity contribution < 1.29 is 4.42 Å². The average molecular weight is 300 g/mol. The van der Waals surface area contributed by atoms with Crippen LogP contribution in [0.25, 0.3) is 11.0 Å². The van der Waals surface area contributed by atoms with Crippen molar-refractivity contribution in [3.8, 4) is 0 Å². The topological polar surface area (TPSA) is 25.2 Å². The molecule has 1 unspecified atom stereocenters. The largest absolute Gasteiger partial charge is 0.459 e. The van der Waals surface area contributed by atoms with Crippen molar-refractivity contribution in [2.45, 2.75) is 26.8 Å². The summed E-state index contributed by atoms with van der Waals surface area (Å²) in [5, 5.41) is 5.39. The molecule has 1 aromatic heterocycles. The van der Waals surface area contributed by atoms with Crippen LogP contribution in [-0.4, -0.2) is 0 Å². The summed E-state index contributed by atoms with van der Waals surface area (Å²) in [7, 11) is 0. The molecule has 3 heteroatoms. The number of para-hydroxylation sites is 1. The molecule has 0 aliphatic carbocycles. The Morgan fingerprint density at radius 1 is 1.10 bits per heavy atom. The number of hydrogen-bond donors (Lipinski definition) is 1. The first kappa shape index (κ1) is 14.0. The van der Waals surface area contributed by atoms with E-state index in [1.165, 1.54) is 10.9 Å². The molecule has 21 heavy (non-hydrogen) atoms. The lowest BCUT2D eigenvalue weighted by Crippen LogP contribution is -2.06. The van der Waals surface area contributed by atoms with Crippen LogP contribution in [0.3, 0.4) is 0 Å². The second-order valence-corrected chi connectivity index (χ2v) is 5.82. The zero-order valence-electron chi connectivity index (χ0n) is 12.4. The SMILES string of the molecule is Cc1ccc(NC(C)c2oc3ccccc3c2C)cc1Cl. The predicted molar refractivity (Wildman–Crippen MR) is 89.2 cm³/mol. The number of furan rings is 1. The van der Waals surface area contributed by atoms with Gasteiger partial charge in [0.15, 0.2) is 0 Å². The second-order valence-electron chi connectivity index (χ2n) is 5.42. The van der Waals surface area contributed by atoms with Crippen molar-refractivity contribution in [1.29, 1.82) is 0 Å². The maximum absolute atomic E-state index is 6.18. The number of benzene rings is 2. The fourth-order valence-corrected chi connectivity index (χ4v) is 2.79. The fraction of sp³-hybridized carbons (Fsp3) is 0.222. The molecule has 1 heterocycles. The maximum atomic E-state index is 6.18. The second kappa shape index (κ2) is 5.45. The molecular weight excluding hydrogens is 282 g/mol. The first-order chi connectivity index (χ1) is 10.1. The lowest BCUT2D eigenvalue weighted by molar-refractivity contribution is 0.522. The summed E-state index contributed by atoms with van der Waals surface area (Å²) in [5.74, 6) is 0.966. The molecular formula is C18H18ClNO. The molecule has 3 rings (SSSR count). The quantitative estimate of drug-likeness (QED) is 0.653. The van der Waals surface area contributed by atoms with Crippen molar-refractivity contribution in [3.63, 3.8) is 0 Å². The van der Waals surface area contributed by atoms with Gasteiger partial charge in [0.05, 0.1) is 6.04 Å². The summed E-state index contributed by atoms with van der Waals surface area (Å²) in [6.07, 6.45) is 0. The highest BCUT2D eigenvalue weighted by Crippen LogP contribution is 2.31. The van der Waals surface area contributed by atoms with E-state index in [-0.39, 0.29) is 6.04 Å². The Bertz CT molecular complexity index is 791. The predicted octanol–water partition coefficient (Wildman–Crippen LogP) is 5.88. The molecule has 2 nitrogen and oxygen atoms in total. The maximum Gasteiger partial charge on any atom is 0.134 e. The third-order valence-corrected chi connectivity index (χ3v) is 4.24. The molecule has 0 amide bonds. The molecule has 108 valence electrons. The molecule has 0 aliphatic heterocycles. The van der Waals surface area contributed by atoms with E-state index >= 15 is 0 Å². The van der Waals surface area contributed by atoms with Gasteiger partial charge in [-0.15, -0.1) is 0 Å². The molecule has 0 fully saturated rings. The van der Waals surface area contributed by atoms with Gasteiger partial charge in [0.1, 0.15) is 11.3 Å². The molecule has 1 atom stereocenters. The third kappa shape index (κ3) is 2.64. The molecule has 0 bridgehead atoms. The monoisotopic (exact) mass is 299 g/mol. The molecule has 1 N–H and O–H groups in total. The Labute approximate surface area is 129 Å². The van der Waals surface area contributed by atoms with E-state index in [0.29, 0.717) is 0 Å². The summed E-state index contributed by atoms with van der Waals surface area (Å²) in [5.41, 5.74) is 4.19. The lowest BCUT2D eigenvalue weighted by Gasteiger charge is -2.14. The minimum atomic E-state index is 0.0798. The van der Waals surface area contributed by atoms with Crippen LogP contribution in [0.15, 0.2) is 46.9 Å². The standard InChI is InChI=1S/C18H18ClNO/c1-11-8-9-14(10-16(11)19)20-13(3)18-12(2)15-6-4-5-7-17(15)21-18/h4-10,13,20H,1-3H3. The normalized spacial score (nSPS) is 12.6. The van der Waals surface area contributed by atoms with Crippen molar-refractivity contribution in [1.82, 2.24) is 0 Å². The van der Waals surface area contributed by atoms with E-state index in [1.54, 1.807) is 0 Å². The van der Waals surface area contributed by atoms with Crippen LogP contribution in [0, 0.1) is 13.8 Å². The van der Waals surface area contributed by atoms with Crippen molar-refractivity contribution in [2.24, 2.45) is 0 Å². The summed E-state index contributed by atoms with van der Waals surface area (Å²) in [4.78, 5) is 0. The van der Waals surface area contributed by atoms with Crippen LogP contribution in [0.5, 0.6) is 0 Å². The summed E-state index contributed by atoms with van der Waals surface area (Å²) < 4.78 is 5.99.